The highest BCUT2D eigenvalue weighted by Crippen LogP contribution is 2.21. The molecule has 6 heteroatoms. The second kappa shape index (κ2) is 9.01. The van der Waals surface area contributed by atoms with Gasteiger partial charge in [0.2, 0.25) is 0 Å². The normalized spacial score (nSPS) is 9.82. The molecule has 0 spiro atoms. The van der Waals surface area contributed by atoms with Crippen molar-refractivity contribution in [1.29, 1.82) is 5.26 Å². The molecule has 0 bridgehead atoms. The van der Waals surface area contributed by atoms with E-state index in [9.17, 15) is 9.59 Å². The molecule has 0 unspecified atom stereocenters. The van der Waals surface area contributed by atoms with E-state index in [0.29, 0.717) is 28.3 Å². The molecule has 0 saturated carbocycles. The molecule has 0 saturated heterocycles. The molecule has 6 nitrogen and oxygen atoms in total. The van der Waals surface area contributed by atoms with Gasteiger partial charge in [0.1, 0.15) is 11.5 Å². The standard InChI is InChI=1S/C22H16N2O4/c23-14-16-5-4-6-18(13-16)24-21(25)15-27-22(26)17-9-11-20(12-10-17)28-19-7-2-1-3-8-19/h1-13H,15H2,(H,24,25). The van der Waals surface area contributed by atoms with Crippen LogP contribution in [0.15, 0.2) is 78.9 Å². The number of carbonyl (C=O) groups excluding carboxylic acids is 2. The van der Waals surface area contributed by atoms with E-state index in [1.807, 2.05) is 36.4 Å². The summed E-state index contributed by atoms with van der Waals surface area (Å²) in [7, 11) is 0. The predicted octanol–water partition coefficient (Wildman–Crippen LogP) is 4.15. The van der Waals surface area contributed by atoms with Crippen LogP contribution in [0.2, 0.25) is 0 Å². The number of benzene rings is 3. The molecule has 3 aromatic carbocycles. The number of amides is 1. The van der Waals surface area contributed by atoms with Gasteiger partial charge in [0.05, 0.1) is 17.2 Å². The van der Waals surface area contributed by atoms with Crippen LogP contribution in [0, 0.1) is 11.3 Å². The molecule has 3 rings (SSSR count). The third-order valence-corrected chi connectivity index (χ3v) is 3.68. The van der Waals surface area contributed by atoms with E-state index < -0.39 is 18.5 Å². The molecule has 28 heavy (non-hydrogen) atoms. The molecule has 0 heterocycles. The predicted molar refractivity (Wildman–Crippen MR) is 103 cm³/mol. The highest BCUT2D eigenvalue weighted by Gasteiger charge is 2.11. The van der Waals surface area contributed by atoms with Gasteiger partial charge in [-0.1, -0.05) is 24.3 Å². The maximum Gasteiger partial charge on any atom is 0.338 e. The maximum absolute atomic E-state index is 12.1. The first-order valence-corrected chi connectivity index (χ1v) is 8.44. The monoisotopic (exact) mass is 372 g/mol. The van der Waals surface area contributed by atoms with Crippen LogP contribution in [0.5, 0.6) is 11.5 Å². The Hall–Kier alpha value is -4.11. The van der Waals surface area contributed by atoms with E-state index >= 15 is 0 Å². The summed E-state index contributed by atoms with van der Waals surface area (Å²) >= 11 is 0. The fourth-order valence-corrected chi connectivity index (χ4v) is 2.36. The van der Waals surface area contributed by atoms with Crippen molar-refractivity contribution in [1.82, 2.24) is 0 Å². The molecule has 0 atom stereocenters. The summed E-state index contributed by atoms with van der Waals surface area (Å²) in [6, 6.07) is 24.1. The lowest BCUT2D eigenvalue weighted by atomic mass is 10.2. The molecule has 0 aliphatic rings. The largest absolute Gasteiger partial charge is 0.457 e. The van der Waals surface area contributed by atoms with E-state index in [4.69, 9.17) is 14.7 Å². The third-order valence-electron chi connectivity index (χ3n) is 3.68. The van der Waals surface area contributed by atoms with Gasteiger partial charge in [0.25, 0.3) is 5.91 Å². The number of anilines is 1. The van der Waals surface area contributed by atoms with Crippen molar-refractivity contribution in [2.24, 2.45) is 0 Å². The Bertz CT molecular complexity index is 1010. The lowest BCUT2D eigenvalue weighted by Gasteiger charge is -2.08. The molecule has 0 aliphatic heterocycles. The number of carbonyl (C=O) groups is 2. The molecule has 0 fully saturated rings. The Morgan fingerprint density at radius 1 is 0.893 bits per heavy atom. The van der Waals surface area contributed by atoms with Gasteiger partial charge < -0.3 is 14.8 Å². The number of para-hydroxylation sites is 1. The van der Waals surface area contributed by atoms with E-state index in [1.165, 1.54) is 6.07 Å². The summed E-state index contributed by atoms with van der Waals surface area (Å²) in [6.45, 7) is -0.433. The first kappa shape index (κ1) is 18.7. The lowest BCUT2D eigenvalue weighted by molar-refractivity contribution is -0.119. The van der Waals surface area contributed by atoms with Crippen LogP contribution >= 0.6 is 0 Å². The van der Waals surface area contributed by atoms with Gasteiger partial charge in [-0.25, -0.2) is 4.79 Å². The molecule has 1 N–H and O–H groups in total. The lowest BCUT2D eigenvalue weighted by Crippen LogP contribution is -2.20. The van der Waals surface area contributed by atoms with Crippen molar-refractivity contribution >= 4 is 17.6 Å². The van der Waals surface area contributed by atoms with Crippen molar-refractivity contribution in [3.63, 3.8) is 0 Å². The van der Waals surface area contributed by atoms with Gasteiger partial charge in [-0.05, 0) is 54.6 Å². The summed E-state index contributed by atoms with van der Waals surface area (Å²) in [6.07, 6.45) is 0. The van der Waals surface area contributed by atoms with Crippen molar-refractivity contribution in [2.75, 3.05) is 11.9 Å². The molecule has 0 aromatic heterocycles. The second-order valence-electron chi connectivity index (χ2n) is 5.76. The molecule has 0 aliphatic carbocycles. The smallest absolute Gasteiger partial charge is 0.338 e. The van der Waals surface area contributed by atoms with Crippen LogP contribution in [0.3, 0.4) is 0 Å². The topological polar surface area (TPSA) is 88.4 Å². The number of rotatable bonds is 6. The van der Waals surface area contributed by atoms with Crippen LogP contribution in [-0.2, 0) is 9.53 Å². The molecule has 1 amide bonds. The van der Waals surface area contributed by atoms with Crippen LogP contribution in [0.25, 0.3) is 0 Å². The van der Waals surface area contributed by atoms with Crippen LogP contribution < -0.4 is 10.1 Å². The molecular weight excluding hydrogens is 356 g/mol. The summed E-state index contributed by atoms with van der Waals surface area (Å²) in [4.78, 5) is 24.0. The van der Waals surface area contributed by atoms with E-state index in [1.54, 1.807) is 42.5 Å². The second-order valence-corrected chi connectivity index (χ2v) is 5.76. The highest BCUT2D eigenvalue weighted by atomic mass is 16.5. The third kappa shape index (κ3) is 5.19. The summed E-state index contributed by atoms with van der Waals surface area (Å²) in [5.74, 6) is 0.160. The number of nitrogens with zero attached hydrogens (tertiary/aromatic N) is 1. The zero-order valence-corrected chi connectivity index (χ0v) is 14.8. The number of ether oxygens (including phenoxy) is 2. The van der Waals surface area contributed by atoms with Gasteiger partial charge in [0, 0.05) is 5.69 Å². The highest BCUT2D eigenvalue weighted by molar-refractivity contribution is 5.95. The minimum absolute atomic E-state index is 0.305. The van der Waals surface area contributed by atoms with Crippen LogP contribution in [0.4, 0.5) is 5.69 Å². The van der Waals surface area contributed by atoms with Crippen molar-refractivity contribution in [3.8, 4) is 17.6 Å². The minimum atomic E-state index is -0.618. The van der Waals surface area contributed by atoms with Gasteiger partial charge in [-0.2, -0.15) is 5.26 Å². The fraction of sp³-hybridized carbons (Fsp3) is 0.0455. The summed E-state index contributed by atoms with van der Waals surface area (Å²) in [5, 5.41) is 11.4. The average molecular weight is 372 g/mol. The number of esters is 1. The van der Waals surface area contributed by atoms with Crippen molar-refractivity contribution < 1.29 is 19.1 Å². The summed E-state index contributed by atoms with van der Waals surface area (Å²) in [5.41, 5.74) is 1.19. The zero-order valence-electron chi connectivity index (χ0n) is 14.8. The van der Waals surface area contributed by atoms with Crippen molar-refractivity contribution in [2.45, 2.75) is 0 Å². The van der Waals surface area contributed by atoms with Crippen LogP contribution in [-0.4, -0.2) is 18.5 Å². The number of hydrogen-bond acceptors (Lipinski definition) is 5. The van der Waals surface area contributed by atoms with Gasteiger partial charge in [0.15, 0.2) is 6.61 Å². The van der Waals surface area contributed by atoms with E-state index in [-0.39, 0.29) is 0 Å². The Morgan fingerprint density at radius 3 is 2.32 bits per heavy atom. The average Bonchev–Trinajstić information content (AvgIpc) is 2.73. The Labute approximate surface area is 161 Å². The first-order chi connectivity index (χ1) is 13.6. The molecular formula is C22H16N2O4. The van der Waals surface area contributed by atoms with Gasteiger partial charge in [-0.3, -0.25) is 4.79 Å². The number of nitriles is 1. The van der Waals surface area contributed by atoms with Gasteiger partial charge in [-0.15, -0.1) is 0 Å². The van der Waals surface area contributed by atoms with E-state index in [0.717, 1.165) is 0 Å². The molecule has 138 valence electrons. The fourth-order valence-electron chi connectivity index (χ4n) is 2.36. The Kier molecular flexibility index (Phi) is 6.01. The zero-order chi connectivity index (χ0) is 19.8. The molecule has 3 aromatic rings. The van der Waals surface area contributed by atoms with Gasteiger partial charge >= 0.3 is 5.97 Å². The number of nitrogens with one attached hydrogen (secondary N) is 1. The quantitative estimate of drug-likeness (QED) is 0.657. The molecule has 0 radical (unpaired) electrons. The Balaban J connectivity index is 1.51. The minimum Gasteiger partial charge on any atom is -0.457 e. The Morgan fingerprint density at radius 2 is 1.61 bits per heavy atom. The van der Waals surface area contributed by atoms with Crippen molar-refractivity contribution in [3.05, 3.63) is 90.0 Å². The van der Waals surface area contributed by atoms with E-state index in [2.05, 4.69) is 5.32 Å². The first-order valence-electron chi connectivity index (χ1n) is 8.44. The SMILES string of the molecule is N#Cc1cccc(NC(=O)COC(=O)c2ccc(Oc3ccccc3)cc2)c1. The number of hydrogen-bond donors (Lipinski definition) is 1. The summed E-state index contributed by atoms with van der Waals surface area (Å²) < 4.78 is 10.7. The maximum atomic E-state index is 12.1. The van der Waals surface area contributed by atoms with Crippen LogP contribution in [0.1, 0.15) is 15.9 Å².